The van der Waals surface area contributed by atoms with Crippen molar-refractivity contribution >= 4 is 35.6 Å². The second-order valence-corrected chi connectivity index (χ2v) is 4.63. The van der Waals surface area contributed by atoms with Gasteiger partial charge in [-0.15, -0.1) is 37.1 Å². The Morgan fingerprint density at radius 3 is 2.61 bits per heavy atom. The molecular formula is C14H17F3IN3O2. The van der Waals surface area contributed by atoms with Gasteiger partial charge in [0.1, 0.15) is 11.9 Å². The molecule has 1 aliphatic heterocycles. The minimum atomic E-state index is -4.70. The number of nitrogens with one attached hydrogen (secondary N) is 1. The first-order valence-electron chi connectivity index (χ1n) is 6.65. The average Bonchev–Trinajstić information content (AvgIpc) is 2.47. The van der Waals surface area contributed by atoms with Gasteiger partial charge in [-0.3, -0.25) is 0 Å². The molecule has 1 unspecified atom stereocenters. The third-order valence-electron chi connectivity index (χ3n) is 2.85. The van der Waals surface area contributed by atoms with E-state index < -0.39 is 6.36 Å². The summed E-state index contributed by atoms with van der Waals surface area (Å²) in [4.78, 5) is 4.14. The third-order valence-corrected chi connectivity index (χ3v) is 2.85. The lowest BCUT2D eigenvalue weighted by atomic mass is 10.2. The first-order valence-corrected chi connectivity index (χ1v) is 6.65. The molecule has 0 bridgehead atoms. The molecule has 5 nitrogen and oxygen atoms in total. The summed E-state index contributed by atoms with van der Waals surface area (Å²) < 4.78 is 45.2. The minimum Gasteiger partial charge on any atom is -0.496 e. The molecule has 128 valence electrons. The predicted molar refractivity (Wildman–Crippen MR) is 91.9 cm³/mol. The normalized spacial score (nSPS) is 17.9. The summed E-state index contributed by atoms with van der Waals surface area (Å²) in [5.41, 5.74) is 6.23. The third kappa shape index (κ3) is 7.44. The Morgan fingerprint density at radius 2 is 2.04 bits per heavy atom. The van der Waals surface area contributed by atoms with Crippen LogP contribution in [-0.2, 0) is 4.74 Å². The SMILES string of the molecule is I.NC(=NCC1CCC=CO1)Nc1ccc(OC(F)(F)F)cc1. The highest BCUT2D eigenvalue weighted by Crippen LogP contribution is 2.23. The van der Waals surface area contributed by atoms with E-state index in [1.807, 2.05) is 6.08 Å². The highest BCUT2D eigenvalue weighted by molar-refractivity contribution is 14.0. The maximum Gasteiger partial charge on any atom is 0.573 e. The molecule has 0 spiro atoms. The van der Waals surface area contributed by atoms with E-state index in [9.17, 15) is 13.2 Å². The molecule has 9 heteroatoms. The van der Waals surface area contributed by atoms with Crippen molar-refractivity contribution in [3.63, 3.8) is 0 Å². The van der Waals surface area contributed by atoms with Gasteiger partial charge in [0.15, 0.2) is 5.96 Å². The Balaban J connectivity index is 0.00000264. The van der Waals surface area contributed by atoms with Crippen molar-refractivity contribution in [3.05, 3.63) is 36.6 Å². The Labute approximate surface area is 148 Å². The van der Waals surface area contributed by atoms with Crippen LogP contribution in [0.1, 0.15) is 12.8 Å². The summed E-state index contributed by atoms with van der Waals surface area (Å²) in [5.74, 6) is -0.126. The van der Waals surface area contributed by atoms with Crippen LogP contribution in [0, 0.1) is 0 Å². The molecule has 23 heavy (non-hydrogen) atoms. The summed E-state index contributed by atoms with van der Waals surface area (Å²) in [6.45, 7) is 0.415. The Bertz CT molecular complexity index is 547. The van der Waals surface area contributed by atoms with Crippen molar-refractivity contribution < 1.29 is 22.6 Å². The number of allylic oxidation sites excluding steroid dienone is 1. The zero-order chi connectivity index (χ0) is 16.0. The van der Waals surface area contributed by atoms with Crippen LogP contribution in [0.25, 0.3) is 0 Å². The summed E-state index contributed by atoms with van der Waals surface area (Å²) in [6.07, 6.45) is 0.682. The molecule has 2 rings (SSSR count). The van der Waals surface area contributed by atoms with Gasteiger partial charge in [-0.25, -0.2) is 4.99 Å². The van der Waals surface area contributed by atoms with Gasteiger partial charge in [0.05, 0.1) is 12.8 Å². The molecule has 0 radical (unpaired) electrons. The van der Waals surface area contributed by atoms with Gasteiger partial charge in [0.2, 0.25) is 0 Å². The van der Waals surface area contributed by atoms with Gasteiger partial charge in [-0.2, -0.15) is 0 Å². The summed E-state index contributed by atoms with van der Waals surface area (Å²) in [5, 5.41) is 2.79. The molecule has 1 aromatic rings. The van der Waals surface area contributed by atoms with Crippen LogP contribution in [0.3, 0.4) is 0 Å². The fourth-order valence-electron chi connectivity index (χ4n) is 1.85. The molecule has 0 amide bonds. The molecule has 1 heterocycles. The molecule has 1 aliphatic rings. The number of benzene rings is 1. The molecule has 1 atom stereocenters. The quantitative estimate of drug-likeness (QED) is 0.424. The van der Waals surface area contributed by atoms with Gasteiger partial charge in [0, 0.05) is 5.69 Å². The standard InChI is InChI=1S/C14H16F3N3O2.HI/c15-14(16,17)22-11-6-4-10(5-7-11)20-13(18)19-9-12-3-1-2-8-21-12;/h2,4-8,12H,1,3,9H2,(H3,18,19,20);1H. The Kier molecular flexibility index (Phi) is 7.46. The number of nitrogens with zero attached hydrogens (tertiary/aromatic N) is 1. The number of anilines is 1. The van der Waals surface area contributed by atoms with Crippen LogP contribution in [0.15, 0.2) is 41.6 Å². The first kappa shape index (κ1) is 19.4. The van der Waals surface area contributed by atoms with Crippen LogP contribution in [0.2, 0.25) is 0 Å². The minimum absolute atomic E-state index is 0. The smallest absolute Gasteiger partial charge is 0.496 e. The number of rotatable bonds is 4. The van der Waals surface area contributed by atoms with Gasteiger partial charge in [0.25, 0.3) is 0 Å². The van der Waals surface area contributed by atoms with E-state index >= 15 is 0 Å². The van der Waals surface area contributed by atoms with E-state index in [-0.39, 0.29) is 41.8 Å². The number of aliphatic imine (C=N–C) groups is 1. The summed E-state index contributed by atoms with van der Waals surface area (Å²) in [7, 11) is 0. The zero-order valence-corrected chi connectivity index (χ0v) is 14.4. The average molecular weight is 443 g/mol. The fourth-order valence-corrected chi connectivity index (χ4v) is 1.85. The van der Waals surface area contributed by atoms with Crippen LogP contribution in [-0.4, -0.2) is 25.0 Å². The Morgan fingerprint density at radius 1 is 1.35 bits per heavy atom. The molecule has 1 aromatic carbocycles. The summed E-state index contributed by atoms with van der Waals surface area (Å²) >= 11 is 0. The fraction of sp³-hybridized carbons (Fsp3) is 0.357. The lowest BCUT2D eigenvalue weighted by Gasteiger charge is -2.17. The number of hydrogen-bond acceptors (Lipinski definition) is 3. The monoisotopic (exact) mass is 443 g/mol. The van der Waals surface area contributed by atoms with E-state index in [4.69, 9.17) is 10.5 Å². The number of ether oxygens (including phenoxy) is 2. The molecular weight excluding hydrogens is 426 g/mol. The largest absolute Gasteiger partial charge is 0.573 e. The highest BCUT2D eigenvalue weighted by Gasteiger charge is 2.30. The van der Waals surface area contributed by atoms with E-state index in [2.05, 4.69) is 15.0 Å². The topological polar surface area (TPSA) is 68.9 Å². The number of guanidine groups is 1. The maximum atomic E-state index is 12.0. The molecule has 0 fully saturated rings. The zero-order valence-electron chi connectivity index (χ0n) is 12.0. The predicted octanol–water partition coefficient (Wildman–Crippen LogP) is 3.62. The second kappa shape index (κ2) is 8.85. The highest BCUT2D eigenvalue weighted by atomic mass is 127. The molecule has 0 saturated carbocycles. The van der Waals surface area contributed by atoms with Gasteiger partial charge < -0.3 is 20.5 Å². The van der Waals surface area contributed by atoms with Crippen LogP contribution >= 0.6 is 24.0 Å². The van der Waals surface area contributed by atoms with Crippen LogP contribution in [0.5, 0.6) is 5.75 Å². The number of alkyl halides is 3. The molecule has 0 saturated heterocycles. The van der Waals surface area contributed by atoms with Crippen molar-refractivity contribution in [1.82, 2.24) is 0 Å². The van der Waals surface area contributed by atoms with Gasteiger partial charge >= 0.3 is 6.36 Å². The van der Waals surface area contributed by atoms with Crippen molar-refractivity contribution in [2.24, 2.45) is 10.7 Å². The van der Waals surface area contributed by atoms with Crippen molar-refractivity contribution in [2.75, 3.05) is 11.9 Å². The van der Waals surface area contributed by atoms with E-state index in [1.165, 1.54) is 24.3 Å². The number of hydrogen-bond donors (Lipinski definition) is 2. The van der Waals surface area contributed by atoms with E-state index in [1.54, 1.807) is 6.26 Å². The second-order valence-electron chi connectivity index (χ2n) is 4.63. The van der Waals surface area contributed by atoms with Crippen molar-refractivity contribution in [2.45, 2.75) is 25.3 Å². The van der Waals surface area contributed by atoms with Crippen molar-refractivity contribution in [3.8, 4) is 5.75 Å². The number of nitrogens with two attached hydrogens (primary N) is 1. The Hall–Kier alpha value is -1.65. The molecule has 0 aliphatic carbocycles. The first-order chi connectivity index (χ1) is 10.4. The van der Waals surface area contributed by atoms with E-state index in [0.29, 0.717) is 12.2 Å². The maximum absolute atomic E-state index is 12.0. The molecule has 0 aromatic heterocycles. The summed E-state index contributed by atoms with van der Waals surface area (Å²) in [6, 6.07) is 5.23. The van der Waals surface area contributed by atoms with Crippen LogP contribution in [0.4, 0.5) is 18.9 Å². The lowest BCUT2D eigenvalue weighted by molar-refractivity contribution is -0.274. The lowest BCUT2D eigenvalue weighted by Crippen LogP contribution is -2.25. The molecule has 3 N–H and O–H groups in total. The van der Waals surface area contributed by atoms with Gasteiger partial charge in [-0.05, 0) is 43.2 Å². The van der Waals surface area contributed by atoms with Gasteiger partial charge in [-0.1, -0.05) is 0 Å². The van der Waals surface area contributed by atoms with Crippen LogP contribution < -0.4 is 15.8 Å². The number of halogens is 4. The van der Waals surface area contributed by atoms with E-state index in [0.717, 1.165) is 12.8 Å². The van der Waals surface area contributed by atoms with Crippen molar-refractivity contribution in [1.29, 1.82) is 0 Å².